The second kappa shape index (κ2) is 3.11. The Morgan fingerprint density at radius 3 is 3.00 bits per heavy atom. The summed E-state index contributed by atoms with van der Waals surface area (Å²) >= 11 is 6.13. The van der Waals surface area contributed by atoms with Crippen LogP contribution in [0.25, 0.3) is 10.9 Å². The molecule has 0 aliphatic carbocycles. The zero-order valence-electron chi connectivity index (χ0n) is 9.25. The molecule has 0 atom stereocenters. The fraction of sp³-hybridized carbons (Fsp3) is 0.308. The highest BCUT2D eigenvalue weighted by atomic mass is 35.5. The summed E-state index contributed by atoms with van der Waals surface area (Å²) in [5.41, 5.74) is 2.03. The molecule has 1 aromatic heterocycles. The number of benzene rings is 1. The van der Waals surface area contributed by atoms with Gasteiger partial charge in [0.1, 0.15) is 11.4 Å². The van der Waals surface area contributed by atoms with Crippen LogP contribution in [0.15, 0.2) is 24.4 Å². The van der Waals surface area contributed by atoms with Crippen LogP contribution in [-0.4, -0.2) is 10.6 Å². The molecule has 2 nitrogen and oxygen atoms in total. The molecule has 3 heteroatoms. The van der Waals surface area contributed by atoms with E-state index in [2.05, 4.69) is 24.9 Å². The van der Waals surface area contributed by atoms with Crippen LogP contribution in [0.3, 0.4) is 0 Å². The highest BCUT2D eigenvalue weighted by Crippen LogP contribution is 2.38. The van der Waals surface area contributed by atoms with Crippen molar-refractivity contribution < 1.29 is 4.74 Å². The molecule has 3 rings (SSSR count). The topological polar surface area (TPSA) is 22.1 Å². The Morgan fingerprint density at radius 1 is 1.38 bits per heavy atom. The van der Waals surface area contributed by atoms with Gasteiger partial charge in [0.2, 0.25) is 0 Å². The minimum absolute atomic E-state index is 0.119. The summed E-state index contributed by atoms with van der Waals surface area (Å²) in [6.07, 6.45) is 2.66. The van der Waals surface area contributed by atoms with Crippen molar-refractivity contribution in [3.8, 4) is 5.75 Å². The molecule has 0 N–H and O–H groups in total. The average Bonchev–Trinajstić information content (AvgIpc) is 2.48. The van der Waals surface area contributed by atoms with E-state index < -0.39 is 0 Å². The maximum absolute atomic E-state index is 6.13. The van der Waals surface area contributed by atoms with Gasteiger partial charge in [-0.2, -0.15) is 0 Å². The largest absolute Gasteiger partial charge is 0.487 e. The van der Waals surface area contributed by atoms with Gasteiger partial charge in [0, 0.05) is 23.6 Å². The van der Waals surface area contributed by atoms with Crippen LogP contribution in [0.2, 0.25) is 5.02 Å². The predicted molar refractivity (Wildman–Crippen MR) is 65.2 cm³/mol. The van der Waals surface area contributed by atoms with Crippen molar-refractivity contribution in [3.05, 3.63) is 35.0 Å². The molecular formula is C13H12ClNO. The molecule has 0 amide bonds. The Balaban J connectivity index is 2.26. The van der Waals surface area contributed by atoms with E-state index in [9.17, 15) is 0 Å². The summed E-state index contributed by atoms with van der Waals surface area (Å²) in [5.74, 6) is 0.937. The Kier molecular flexibility index (Phi) is 1.93. The summed E-state index contributed by atoms with van der Waals surface area (Å²) in [7, 11) is 0. The van der Waals surface area contributed by atoms with Gasteiger partial charge in [0.15, 0.2) is 0 Å². The zero-order valence-corrected chi connectivity index (χ0v) is 10.0. The van der Waals surface area contributed by atoms with Gasteiger partial charge in [-0.3, -0.25) is 4.98 Å². The maximum Gasteiger partial charge on any atom is 0.124 e. The first kappa shape index (κ1) is 9.91. The molecule has 82 valence electrons. The van der Waals surface area contributed by atoms with E-state index in [1.54, 1.807) is 12.3 Å². The summed E-state index contributed by atoms with van der Waals surface area (Å²) in [6, 6.07) is 5.87. The Bertz CT molecular complexity index is 577. The summed E-state index contributed by atoms with van der Waals surface area (Å²) in [5, 5.41) is 1.68. The Hall–Kier alpha value is -1.28. The van der Waals surface area contributed by atoms with Gasteiger partial charge in [-0.05, 0) is 32.0 Å². The van der Waals surface area contributed by atoms with Crippen molar-refractivity contribution in [2.75, 3.05) is 0 Å². The molecule has 0 unspecified atom stereocenters. The molecule has 0 saturated carbocycles. The molecule has 0 spiro atoms. The third-order valence-corrected chi connectivity index (χ3v) is 3.20. The third kappa shape index (κ3) is 1.45. The van der Waals surface area contributed by atoms with Crippen LogP contribution in [-0.2, 0) is 6.42 Å². The van der Waals surface area contributed by atoms with Crippen LogP contribution >= 0.6 is 11.6 Å². The van der Waals surface area contributed by atoms with Crippen molar-refractivity contribution in [2.24, 2.45) is 0 Å². The number of fused-ring (bicyclic) bond motifs is 2. The minimum atomic E-state index is -0.119. The second-order valence-corrected chi connectivity index (χ2v) is 5.22. The smallest absolute Gasteiger partial charge is 0.124 e. The number of rotatable bonds is 0. The number of nitrogens with zero attached hydrogens (tertiary/aromatic N) is 1. The fourth-order valence-electron chi connectivity index (χ4n) is 2.21. The van der Waals surface area contributed by atoms with Gasteiger partial charge < -0.3 is 4.74 Å². The molecule has 16 heavy (non-hydrogen) atoms. The zero-order chi connectivity index (χ0) is 11.3. The van der Waals surface area contributed by atoms with Crippen molar-refractivity contribution >= 4 is 22.5 Å². The number of ether oxygens (including phenoxy) is 1. The van der Waals surface area contributed by atoms with E-state index in [0.717, 1.165) is 28.1 Å². The Morgan fingerprint density at radius 2 is 2.19 bits per heavy atom. The molecule has 0 fully saturated rings. The molecule has 0 bridgehead atoms. The van der Waals surface area contributed by atoms with Crippen molar-refractivity contribution in [3.63, 3.8) is 0 Å². The molecule has 0 radical (unpaired) electrons. The van der Waals surface area contributed by atoms with Crippen molar-refractivity contribution in [1.82, 2.24) is 4.98 Å². The number of pyridine rings is 1. The summed E-state index contributed by atoms with van der Waals surface area (Å²) in [6.45, 7) is 4.18. The normalized spacial score (nSPS) is 17.2. The number of halogens is 1. The number of hydrogen-bond donors (Lipinski definition) is 0. The molecule has 0 saturated heterocycles. The van der Waals surface area contributed by atoms with Gasteiger partial charge in [-0.1, -0.05) is 11.6 Å². The highest BCUT2D eigenvalue weighted by Gasteiger charge is 2.30. The molecule has 1 aliphatic rings. The lowest BCUT2D eigenvalue weighted by atomic mass is 10.0. The average molecular weight is 234 g/mol. The number of aromatic nitrogens is 1. The van der Waals surface area contributed by atoms with E-state index >= 15 is 0 Å². The van der Waals surface area contributed by atoms with E-state index in [1.807, 2.05) is 6.07 Å². The quantitative estimate of drug-likeness (QED) is 0.694. The molecular weight excluding hydrogens is 222 g/mol. The number of hydrogen-bond acceptors (Lipinski definition) is 2. The van der Waals surface area contributed by atoms with E-state index in [1.165, 1.54) is 5.56 Å². The van der Waals surface area contributed by atoms with Crippen LogP contribution in [0.5, 0.6) is 5.75 Å². The monoisotopic (exact) mass is 233 g/mol. The fourth-order valence-corrected chi connectivity index (χ4v) is 2.42. The molecule has 2 heterocycles. The second-order valence-electron chi connectivity index (χ2n) is 4.81. The lowest BCUT2D eigenvalue weighted by Gasteiger charge is -2.16. The van der Waals surface area contributed by atoms with E-state index in [-0.39, 0.29) is 5.60 Å². The molecule has 1 aliphatic heterocycles. The first-order valence-electron chi connectivity index (χ1n) is 5.31. The van der Waals surface area contributed by atoms with Gasteiger partial charge in [-0.15, -0.1) is 0 Å². The van der Waals surface area contributed by atoms with Gasteiger partial charge in [-0.25, -0.2) is 0 Å². The Labute approximate surface area is 99.2 Å². The van der Waals surface area contributed by atoms with Gasteiger partial charge >= 0.3 is 0 Å². The van der Waals surface area contributed by atoms with Crippen LogP contribution < -0.4 is 4.74 Å². The van der Waals surface area contributed by atoms with Crippen molar-refractivity contribution in [2.45, 2.75) is 25.9 Å². The first-order valence-corrected chi connectivity index (χ1v) is 5.69. The highest BCUT2D eigenvalue weighted by molar-refractivity contribution is 6.35. The van der Waals surface area contributed by atoms with Gasteiger partial charge in [0.25, 0.3) is 0 Å². The molecule has 2 aromatic rings. The lowest BCUT2D eigenvalue weighted by Crippen LogP contribution is -2.24. The summed E-state index contributed by atoms with van der Waals surface area (Å²) in [4.78, 5) is 4.33. The predicted octanol–water partition coefficient (Wildman–Crippen LogP) is 3.60. The van der Waals surface area contributed by atoms with E-state index in [0.29, 0.717) is 0 Å². The maximum atomic E-state index is 6.13. The van der Waals surface area contributed by atoms with Gasteiger partial charge in [0.05, 0.1) is 10.5 Å². The van der Waals surface area contributed by atoms with Crippen molar-refractivity contribution in [1.29, 1.82) is 0 Å². The third-order valence-electron chi connectivity index (χ3n) is 2.87. The minimum Gasteiger partial charge on any atom is -0.487 e. The summed E-state index contributed by atoms with van der Waals surface area (Å²) < 4.78 is 5.87. The van der Waals surface area contributed by atoms with E-state index in [4.69, 9.17) is 16.3 Å². The first-order chi connectivity index (χ1) is 7.55. The van der Waals surface area contributed by atoms with Crippen LogP contribution in [0, 0.1) is 0 Å². The lowest BCUT2D eigenvalue weighted by molar-refractivity contribution is 0.138. The van der Waals surface area contributed by atoms with Crippen LogP contribution in [0.1, 0.15) is 19.4 Å². The molecule has 1 aromatic carbocycles. The van der Waals surface area contributed by atoms with Crippen LogP contribution in [0.4, 0.5) is 0 Å². The SMILES string of the molecule is CC1(C)Cc2cc3nccc(Cl)c3cc2O1. The standard InChI is InChI=1S/C13H12ClNO/c1-13(2)7-8-5-11-9(6-12(8)16-13)10(14)3-4-15-11/h3-6H,7H2,1-2H3.